The molecule has 8 nitrogen and oxygen atoms in total. The van der Waals surface area contributed by atoms with Crippen LogP contribution in [0.1, 0.15) is 75.1 Å². The second-order valence-electron chi connectivity index (χ2n) is 13.5. The predicted molar refractivity (Wildman–Crippen MR) is 191 cm³/mol. The van der Waals surface area contributed by atoms with Gasteiger partial charge in [-0.2, -0.15) is 0 Å². The van der Waals surface area contributed by atoms with Crippen molar-refractivity contribution in [2.75, 3.05) is 13.2 Å². The smallest absolute Gasteiger partial charge is 0.410 e. The fourth-order valence-electron chi connectivity index (χ4n) is 6.15. The van der Waals surface area contributed by atoms with Crippen LogP contribution in [0, 0.1) is 0 Å². The van der Waals surface area contributed by atoms with Crippen LogP contribution in [-0.2, 0) is 27.2 Å². The molecule has 1 aliphatic rings. The molecule has 0 saturated heterocycles. The Bertz CT molecular complexity index is 1700. The van der Waals surface area contributed by atoms with Crippen LogP contribution in [0.3, 0.4) is 0 Å². The van der Waals surface area contributed by atoms with Crippen LogP contribution in [0.25, 0.3) is 22.3 Å². The summed E-state index contributed by atoms with van der Waals surface area (Å²) in [6, 6.07) is 31.3. The number of benzene rings is 4. The molecule has 0 aromatic heterocycles. The van der Waals surface area contributed by atoms with Crippen molar-refractivity contribution in [3.63, 3.8) is 0 Å². The number of ether oxygens (including phenoxy) is 2. The molecule has 5 rings (SSSR count). The molecule has 4 aromatic rings. The number of carbonyl (C=O) groups is 3. The van der Waals surface area contributed by atoms with E-state index in [9.17, 15) is 19.5 Å². The minimum Gasteiger partial charge on any atom is -0.480 e. The number of fused-ring (bicyclic) bond motifs is 3. The van der Waals surface area contributed by atoms with Crippen LogP contribution in [0.5, 0.6) is 0 Å². The van der Waals surface area contributed by atoms with Gasteiger partial charge in [-0.15, -0.1) is 0 Å². The van der Waals surface area contributed by atoms with Gasteiger partial charge in [-0.1, -0.05) is 110 Å². The number of aryl methyl sites for hydroxylation is 1. The van der Waals surface area contributed by atoms with E-state index in [0.717, 1.165) is 51.8 Å². The lowest BCUT2D eigenvalue weighted by Gasteiger charge is -2.28. The molecule has 0 aliphatic heterocycles. The zero-order chi connectivity index (χ0) is 35.0. The van der Waals surface area contributed by atoms with E-state index in [1.165, 1.54) is 16.9 Å². The standard InChI is InChI=1S/C41H46N2O6/c1-5-6-11-28-16-20-30(21-17-28)31-22-18-29(19-23-31)26-43(40(47)49-41(2,3)4)25-24-37(38(44)45)42-39(46)48-27-36-34-14-9-7-12-32(34)33-13-8-10-15-35(33)36/h7-10,12-23,36-37H,5-6,11,24-27H2,1-4H3,(H,42,46)(H,44,45)/t37-/m0/s1. The molecule has 0 unspecified atom stereocenters. The summed E-state index contributed by atoms with van der Waals surface area (Å²) in [5.74, 6) is -1.37. The maximum atomic E-state index is 13.3. The molecule has 4 aromatic carbocycles. The average Bonchev–Trinajstić information content (AvgIpc) is 3.40. The van der Waals surface area contributed by atoms with Crippen LogP contribution < -0.4 is 5.32 Å². The van der Waals surface area contributed by atoms with E-state index < -0.39 is 29.8 Å². The first-order chi connectivity index (χ1) is 23.5. The summed E-state index contributed by atoms with van der Waals surface area (Å²) < 4.78 is 11.2. The highest BCUT2D eigenvalue weighted by Gasteiger charge is 2.30. The van der Waals surface area contributed by atoms with Crippen molar-refractivity contribution in [2.24, 2.45) is 0 Å². The maximum Gasteiger partial charge on any atom is 0.410 e. The van der Waals surface area contributed by atoms with E-state index >= 15 is 0 Å². The van der Waals surface area contributed by atoms with Crippen LogP contribution in [0.15, 0.2) is 97.1 Å². The van der Waals surface area contributed by atoms with Gasteiger partial charge >= 0.3 is 18.2 Å². The summed E-state index contributed by atoms with van der Waals surface area (Å²) in [5, 5.41) is 12.5. The molecule has 2 amide bonds. The third-order valence-corrected chi connectivity index (χ3v) is 8.71. The van der Waals surface area contributed by atoms with Gasteiger partial charge in [0.05, 0.1) is 0 Å². The Morgan fingerprint density at radius 2 is 1.37 bits per heavy atom. The third kappa shape index (κ3) is 9.28. The number of nitrogens with zero attached hydrogens (tertiary/aromatic N) is 1. The largest absolute Gasteiger partial charge is 0.480 e. The first kappa shape index (κ1) is 35.2. The number of hydrogen-bond acceptors (Lipinski definition) is 5. The molecule has 8 heteroatoms. The maximum absolute atomic E-state index is 13.3. The fourth-order valence-corrected chi connectivity index (χ4v) is 6.15. The predicted octanol–water partition coefficient (Wildman–Crippen LogP) is 8.82. The van der Waals surface area contributed by atoms with Crippen molar-refractivity contribution in [1.82, 2.24) is 10.2 Å². The zero-order valence-corrected chi connectivity index (χ0v) is 28.8. The number of hydrogen-bond donors (Lipinski definition) is 2. The number of amides is 2. The van der Waals surface area contributed by atoms with Gasteiger partial charge in [-0.05, 0) is 84.5 Å². The van der Waals surface area contributed by atoms with Crippen molar-refractivity contribution in [3.8, 4) is 22.3 Å². The third-order valence-electron chi connectivity index (χ3n) is 8.71. The lowest BCUT2D eigenvalue weighted by atomic mass is 9.98. The minimum atomic E-state index is -1.27. The number of unbranched alkanes of at least 4 members (excludes halogenated alkanes) is 1. The Kier molecular flexibility index (Phi) is 11.4. The Hall–Kier alpha value is -5.11. The molecule has 0 radical (unpaired) electrons. The lowest BCUT2D eigenvalue weighted by Crippen LogP contribution is -2.45. The van der Waals surface area contributed by atoms with E-state index in [4.69, 9.17) is 9.47 Å². The number of alkyl carbamates (subject to hydrolysis) is 1. The number of carboxylic acid groups (broad SMARTS) is 1. The highest BCUT2D eigenvalue weighted by Crippen LogP contribution is 2.44. The second-order valence-corrected chi connectivity index (χ2v) is 13.5. The second kappa shape index (κ2) is 15.9. The van der Waals surface area contributed by atoms with Crippen LogP contribution >= 0.6 is 0 Å². The Balaban J connectivity index is 1.21. The first-order valence-corrected chi connectivity index (χ1v) is 17.0. The molecule has 0 fully saturated rings. The molecule has 0 saturated carbocycles. The molecular weight excluding hydrogens is 616 g/mol. The van der Waals surface area contributed by atoms with Crippen molar-refractivity contribution in [3.05, 3.63) is 119 Å². The number of rotatable bonds is 13. The summed E-state index contributed by atoms with van der Waals surface area (Å²) in [7, 11) is 0. The number of carboxylic acids is 1. The zero-order valence-electron chi connectivity index (χ0n) is 28.8. The quantitative estimate of drug-likeness (QED) is 0.148. The topological polar surface area (TPSA) is 105 Å². The fraction of sp³-hybridized carbons (Fsp3) is 0.341. The number of nitrogens with one attached hydrogen (secondary N) is 1. The Morgan fingerprint density at radius 3 is 1.90 bits per heavy atom. The van der Waals surface area contributed by atoms with Gasteiger partial charge in [0.1, 0.15) is 18.2 Å². The molecule has 256 valence electrons. The summed E-state index contributed by atoms with van der Waals surface area (Å²) >= 11 is 0. The Labute approximate surface area is 289 Å². The molecule has 0 spiro atoms. The molecule has 0 bridgehead atoms. The van der Waals surface area contributed by atoms with E-state index in [-0.39, 0.29) is 32.0 Å². The normalized spacial score (nSPS) is 12.8. The molecule has 1 atom stereocenters. The van der Waals surface area contributed by atoms with Gasteiger partial charge in [0.2, 0.25) is 0 Å². The van der Waals surface area contributed by atoms with Crippen LogP contribution in [0.4, 0.5) is 9.59 Å². The number of carbonyl (C=O) groups excluding carboxylic acids is 2. The lowest BCUT2D eigenvalue weighted by molar-refractivity contribution is -0.139. The van der Waals surface area contributed by atoms with Gasteiger partial charge in [0.25, 0.3) is 0 Å². The molecule has 2 N–H and O–H groups in total. The summed E-state index contributed by atoms with van der Waals surface area (Å²) in [6.45, 7) is 7.85. The Morgan fingerprint density at radius 1 is 0.816 bits per heavy atom. The van der Waals surface area contributed by atoms with Crippen molar-refractivity contribution >= 4 is 18.2 Å². The SMILES string of the molecule is CCCCc1ccc(-c2ccc(CN(CC[C@H](NC(=O)OCC3c4ccccc4-c4ccccc43)C(=O)O)C(=O)OC(C)(C)C)cc2)cc1. The highest BCUT2D eigenvalue weighted by molar-refractivity contribution is 5.81. The minimum absolute atomic E-state index is 0.0382. The van der Waals surface area contributed by atoms with E-state index in [0.29, 0.717) is 0 Å². The van der Waals surface area contributed by atoms with Crippen molar-refractivity contribution < 1.29 is 29.0 Å². The van der Waals surface area contributed by atoms with Gasteiger partial charge in [-0.3, -0.25) is 0 Å². The van der Waals surface area contributed by atoms with Crippen molar-refractivity contribution in [2.45, 2.75) is 77.5 Å². The molecule has 0 heterocycles. The summed E-state index contributed by atoms with van der Waals surface area (Å²) in [5.41, 5.74) is 7.95. The molecular formula is C41H46N2O6. The molecule has 1 aliphatic carbocycles. The van der Waals surface area contributed by atoms with Crippen LogP contribution in [0.2, 0.25) is 0 Å². The van der Waals surface area contributed by atoms with Crippen molar-refractivity contribution in [1.29, 1.82) is 0 Å². The van der Waals surface area contributed by atoms with E-state index in [1.807, 2.05) is 72.8 Å². The summed E-state index contributed by atoms with van der Waals surface area (Å²) in [6.07, 6.45) is 1.97. The number of aliphatic carboxylic acids is 1. The van der Waals surface area contributed by atoms with E-state index in [2.05, 4.69) is 36.5 Å². The monoisotopic (exact) mass is 662 g/mol. The summed E-state index contributed by atoms with van der Waals surface area (Å²) in [4.78, 5) is 39.9. The van der Waals surface area contributed by atoms with Gasteiger partial charge < -0.3 is 24.8 Å². The molecule has 49 heavy (non-hydrogen) atoms. The first-order valence-electron chi connectivity index (χ1n) is 17.0. The van der Waals surface area contributed by atoms with Gasteiger partial charge in [0, 0.05) is 19.0 Å². The highest BCUT2D eigenvalue weighted by atomic mass is 16.6. The van der Waals surface area contributed by atoms with Gasteiger partial charge in [0.15, 0.2) is 0 Å². The van der Waals surface area contributed by atoms with Crippen LogP contribution in [-0.4, -0.2) is 53.0 Å². The van der Waals surface area contributed by atoms with Gasteiger partial charge in [-0.25, -0.2) is 14.4 Å². The van der Waals surface area contributed by atoms with E-state index in [1.54, 1.807) is 20.8 Å². The average molecular weight is 663 g/mol.